The molecule has 1 aromatic rings. The van der Waals surface area contributed by atoms with Crippen molar-refractivity contribution in [3.05, 3.63) is 23.3 Å². The molecular weight excluding hydrogens is 280 g/mol. The number of ether oxygens (including phenoxy) is 2. The third-order valence-electron chi connectivity index (χ3n) is 4.45. The number of nitrogens with two attached hydrogens (primary N) is 1. The van der Waals surface area contributed by atoms with Gasteiger partial charge in [0.2, 0.25) is 0 Å². The van der Waals surface area contributed by atoms with Gasteiger partial charge in [0.1, 0.15) is 0 Å². The van der Waals surface area contributed by atoms with Crippen molar-refractivity contribution in [2.45, 2.75) is 32.7 Å². The third kappa shape index (κ3) is 3.35. The smallest absolute Gasteiger partial charge is 0.254 e. The van der Waals surface area contributed by atoms with Gasteiger partial charge in [-0.15, -0.1) is 0 Å². The normalized spacial score (nSPS) is 19.7. The number of hydrogen-bond donors (Lipinski definition) is 1. The van der Waals surface area contributed by atoms with Crippen LogP contribution in [0.15, 0.2) is 12.1 Å². The summed E-state index contributed by atoms with van der Waals surface area (Å²) in [5, 5.41) is 0. The molecule has 2 rings (SSSR count). The number of piperidine rings is 1. The van der Waals surface area contributed by atoms with Crippen LogP contribution < -0.4 is 15.2 Å². The molecule has 2 atom stereocenters. The minimum Gasteiger partial charge on any atom is -0.493 e. The summed E-state index contributed by atoms with van der Waals surface area (Å²) in [7, 11) is 3.17. The Labute approximate surface area is 132 Å². The lowest BCUT2D eigenvalue weighted by atomic mass is 9.91. The first-order valence-electron chi connectivity index (χ1n) is 7.75. The molecule has 1 aliphatic rings. The van der Waals surface area contributed by atoms with Gasteiger partial charge in [0.05, 0.1) is 14.2 Å². The van der Waals surface area contributed by atoms with Crippen LogP contribution in [0.5, 0.6) is 11.5 Å². The molecule has 0 bridgehead atoms. The number of nitrogens with zero attached hydrogens (tertiary/aromatic N) is 1. The van der Waals surface area contributed by atoms with E-state index in [2.05, 4.69) is 0 Å². The molecule has 0 unspecified atom stereocenters. The fraction of sp³-hybridized carbons (Fsp3) is 0.588. The first-order chi connectivity index (χ1) is 10.5. The topological polar surface area (TPSA) is 64.8 Å². The van der Waals surface area contributed by atoms with E-state index < -0.39 is 0 Å². The number of amides is 1. The standard InChI is InChI=1S/C17H26N2O3/c1-11-8-15(21-3)16(22-4)9-14(11)17(20)19-7-5-6-13(10-19)12(2)18/h8-9,12-13H,5-7,10,18H2,1-4H3/t12-,13+/m0/s1. The summed E-state index contributed by atoms with van der Waals surface area (Å²) in [5.41, 5.74) is 7.57. The van der Waals surface area contributed by atoms with E-state index in [9.17, 15) is 4.79 Å². The van der Waals surface area contributed by atoms with Gasteiger partial charge in [-0.1, -0.05) is 0 Å². The van der Waals surface area contributed by atoms with E-state index in [1.807, 2.05) is 24.8 Å². The van der Waals surface area contributed by atoms with Crippen LogP contribution in [0.3, 0.4) is 0 Å². The summed E-state index contributed by atoms with van der Waals surface area (Å²) < 4.78 is 10.6. The number of carbonyl (C=O) groups excluding carboxylic acids is 1. The summed E-state index contributed by atoms with van der Waals surface area (Å²) >= 11 is 0. The van der Waals surface area contributed by atoms with Crippen molar-refractivity contribution in [1.82, 2.24) is 4.90 Å². The third-order valence-corrected chi connectivity index (χ3v) is 4.45. The van der Waals surface area contributed by atoms with Gasteiger partial charge < -0.3 is 20.1 Å². The molecule has 122 valence electrons. The van der Waals surface area contributed by atoms with Crippen LogP contribution in [0.4, 0.5) is 0 Å². The summed E-state index contributed by atoms with van der Waals surface area (Å²) in [6, 6.07) is 3.73. The second-order valence-electron chi connectivity index (χ2n) is 6.03. The number of rotatable bonds is 4. The quantitative estimate of drug-likeness (QED) is 0.926. The lowest BCUT2D eigenvalue weighted by molar-refractivity contribution is 0.0660. The maximum atomic E-state index is 12.8. The Morgan fingerprint density at radius 3 is 2.55 bits per heavy atom. The number of benzene rings is 1. The highest BCUT2D eigenvalue weighted by Crippen LogP contribution is 2.31. The molecule has 22 heavy (non-hydrogen) atoms. The Bertz CT molecular complexity index is 543. The molecule has 0 radical (unpaired) electrons. The first-order valence-corrected chi connectivity index (χ1v) is 7.75. The van der Waals surface area contributed by atoms with Gasteiger partial charge in [-0.05, 0) is 50.3 Å². The maximum Gasteiger partial charge on any atom is 0.254 e. The molecular formula is C17H26N2O3. The maximum absolute atomic E-state index is 12.8. The van der Waals surface area contributed by atoms with Gasteiger partial charge in [-0.25, -0.2) is 0 Å². The predicted octanol–water partition coefficient (Wildman–Crippen LogP) is 2.21. The van der Waals surface area contributed by atoms with E-state index in [-0.39, 0.29) is 11.9 Å². The zero-order valence-electron chi connectivity index (χ0n) is 13.9. The lowest BCUT2D eigenvalue weighted by Gasteiger charge is -2.35. The van der Waals surface area contributed by atoms with E-state index in [4.69, 9.17) is 15.2 Å². The Morgan fingerprint density at radius 2 is 1.95 bits per heavy atom. The van der Waals surface area contributed by atoms with Crippen LogP contribution >= 0.6 is 0 Å². The van der Waals surface area contributed by atoms with Crippen molar-refractivity contribution in [2.24, 2.45) is 11.7 Å². The van der Waals surface area contributed by atoms with E-state index in [0.29, 0.717) is 23.0 Å². The molecule has 0 saturated carbocycles. The fourth-order valence-corrected chi connectivity index (χ4v) is 3.00. The van der Waals surface area contributed by atoms with E-state index in [1.165, 1.54) is 0 Å². The van der Waals surface area contributed by atoms with Crippen molar-refractivity contribution in [1.29, 1.82) is 0 Å². The summed E-state index contributed by atoms with van der Waals surface area (Å²) in [4.78, 5) is 14.8. The van der Waals surface area contributed by atoms with Gasteiger partial charge in [-0.2, -0.15) is 0 Å². The van der Waals surface area contributed by atoms with Crippen LogP contribution in [0.1, 0.15) is 35.7 Å². The summed E-state index contributed by atoms with van der Waals surface area (Å²) in [5.74, 6) is 1.64. The number of hydrogen-bond acceptors (Lipinski definition) is 4. The second kappa shape index (κ2) is 7.01. The highest BCUT2D eigenvalue weighted by atomic mass is 16.5. The number of aryl methyl sites for hydroxylation is 1. The minimum atomic E-state index is 0.0452. The van der Waals surface area contributed by atoms with Crippen molar-refractivity contribution in [2.75, 3.05) is 27.3 Å². The van der Waals surface area contributed by atoms with Gasteiger partial charge in [0.15, 0.2) is 11.5 Å². The fourth-order valence-electron chi connectivity index (χ4n) is 3.00. The largest absolute Gasteiger partial charge is 0.493 e. The van der Waals surface area contributed by atoms with E-state index in [0.717, 1.165) is 31.5 Å². The van der Waals surface area contributed by atoms with Crippen LogP contribution in [-0.4, -0.2) is 44.2 Å². The van der Waals surface area contributed by atoms with Crippen LogP contribution in [-0.2, 0) is 0 Å². The highest BCUT2D eigenvalue weighted by Gasteiger charge is 2.27. The number of methoxy groups -OCH3 is 2. The average molecular weight is 306 g/mol. The zero-order valence-corrected chi connectivity index (χ0v) is 13.9. The van der Waals surface area contributed by atoms with Crippen molar-refractivity contribution in [3.63, 3.8) is 0 Å². The SMILES string of the molecule is COc1cc(C)c(C(=O)N2CCC[C@@H]([C@H](C)N)C2)cc1OC. The zero-order chi connectivity index (χ0) is 16.3. The molecule has 1 amide bonds. The summed E-state index contributed by atoms with van der Waals surface area (Å²) in [6.45, 7) is 5.45. The molecule has 1 aromatic carbocycles. The molecule has 1 aliphatic heterocycles. The van der Waals surface area contributed by atoms with E-state index >= 15 is 0 Å². The Kier molecular flexibility index (Phi) is 5.29. The van der Waals surface area contributed by atoms with Crippen LogP contribution in [0.25, 0.3) is 0 Å². The highest BCUT2D eigenvalue weighted by molar-refractivity contribution is 5.96. The second-order valence-corrected chi connectivity index (χ2v) is 6.03. The minimum absolute atomic E-state index is 0.0452. The summed E-state index contributed by atoms with van der Waals surface area (Å²) in [6.07, 6.45) is 2.09. The van der Waals surface area contributed by atoms with Crippen LogP contribution in [0.2, 0.25) is 0 Å². The Morgan fingerprint density at radius 1 is 1.32 bits per heavy atom. The molecule has 1 fully saturated rings. The molecule has 0 spiro atoms. The number of carbonyl (C=O) groups is 1. The van der Waals surface area contributed by atoms with Crippen molar-refractivity contribution >= 4 is 5.91 Å². The van der Waals surface area contributed by atoms with Crippen molar-refractivity contribution in [3.8, 4) is 11.5 Å². The van der Waals surface area contributed by atoms with Gasteiger partial charge in [0.25, 0.3) is 5.91 Å². The molecule has 5 heteroatoms. The van der Waals surface area contributed by atoms with Gasteiger partial charge in [0, 0.05) is 24.7 Å². The Balaban J connectivity index is 2.25. The molecule has 1 heterocycles. The van der Waals surface area contributed by atoms with Crippen LogP contribution in [0, 0.1) is 12.8 Å². The Hall–Kier alpha value is -1.75. The average Bonchev–Trinajstić information content (AvgIpc) is 2.53. The molecule has 5 nitrogen and oxygen atoms in total. The van der Waals surface area contributed by atoms with Gasteiger partial charge in [-0.3, -0.25) is 4.79 Å². The predicted molar refractivity (Wildman–Crippen MR) is 86.6 cm³/mol. The number of likely N-dealkylation sites (tertiary alicyclic amines) is 1. The van der Waals surface area contributed by atoms with Crippen molar-refractivity contribution < 1.29 is 14.3 Å². The monoisotopic (exact) mass is 306 g/mol. The molecule has 2 N–H and O–H groups in total. The first kappa shape index (κ1) is 16.6. The lowest BCUT2D eigenvalue weighted by Crippen LogP contribution is -2.45. The molecule has 0 aliphatic carbocycles. The van der Waals surface area contributed by atoms with E-state index in [1.54, 1.807) is 20.3 Å². The molecule has 0 aromatic heterocycles. The van der Waals surface area contributed by atoms with Gasteiger partial charge >= 0.3 is 0 Å². The molecule has 1 saturated heterocycles.